The van der Waals surface area contributed by atoms with E-state index >= 15 is 0 Å². The molecule has 7 nitrogen and oxygen atoms in total. The molecule has 1 aromatic rings. The molecule has 10 heteroatoms. The van der Waals surface area contributed by atoms with Crippen LogP contribution in [0.2, 0.25) is 5.02 Å². The van der Waals surface area contributed by atoms with E-state index in [0.29, 0.717) is 0 Å². The van der Waals surface area contributed by atoms with Gasteiger partial charge in [-0.15, -0.1) is 0 Å². The first kappa shape index (κ1) is 16.6. The van der Waals surface area contributed by atoms with Gasteiger partial charge >= 0.3 is 5.69 Å². The molecule has 1 aromatic carbocycles. The fraction of sp³-hybridized carbons (Fsp3) is 0.400. The summed E-state index contributed by atoms with van der Waals surface area (Å²) in [4.78, 5) is 9.99. The van der Waals surface area contributed by atoms with E-state index < -0.39 is 43.4 Å². The van der Waals surface area contributed by atoms with Gasteiger partial charge < -0.3 is 4.74 Å². The van der Waals surface area contributed by atoms with Crippen LogP contribution in [-0.4, -0.2) is 32.3 Å². The van der Waals surface area contributed by atoms with Gasteiger partial charge in [0.1, 0.15) is 23.6 Å². The van der Waals surface area contributed by atoms with Gasteiger partial charge in [0.25, 0.3) is 10.1 Å². The highest BCUT2D eigenvalue weighted by Gasteiger charge is 2.23. The third-order valence-electron chi connectivity index (χ3n) is 2.03. The van der Waals surface area contributed by atoms with Crippen LogP contribution in [-0.2, 0) is 14.3 Å². The van der Waals surface area contributed by atoms with Gasteiger partial charge in [-0.3, -0.25) is 14.3 Å². The number of nitro benzene ring substituents is 1. The van der Waals surface area contributed by atoms with Crippen LogP contribution in [0.4, 0.5) is 10.1 Å². The Bertz CT molecular complexity index is 620. The minimum atomic E-state index is -3.69. The molecular weight excluding hydrogens is 317 g/mol. The summed E-state index contributed by atoms with van der Waals surface area (Å²) in [5.41, 5.74) is -0.525. The standard InChI is InChI=1S/C10H11ClFNO6S/c1-6(19-20(2,16)17)5-18-10-8(13(14)15)4-3-7(12)9(10)11/h3-4,6H,5H2,1-2H3/t6-/m0/s1. The lowest BCUT2D eigenvalue weighted by atomic mass is 10.3. The summed E-state index contributed by atoms with van der Waals surface area (Å²) in [5, 5.41) is 10.2. The molecule has 0 N–H and O–H groups in total. The van der Waals surface area contributed by atoms with Crippen LogP contribution in [0.1, 0.15) is 6.92 Å². The quantitative estimate of drug-likeness (QED) is 0.451. The number of hydrogen-bond acceptors (Lipinski definition) is 6. The zero-order valence-electron chi connectivity index (χ0n) is 10.5. The lowest BCUT2D eigenvalue weighted by molar-refractivity contribution is -0.385. The molecule has 1 atom stereocenters. The fourth-order valence-corrected chi connectivity index (χ4v) is 2.20. The number of halogens is 2. The molecule has 0 unspecified atom stereocenters. The van der Waals surface area contributed by atoms with Gasteiger partial charge in [-0.25, -0.2) is 4.39 Å². The van der Waals surface area contributed by atoms with E-state index in [1.54, 1.807) is 0 Å². The van der Waals surface area contributed by atoms with E-state index in [0.717, 1.165) is 18.4 Å². The Morgan fingerprint density at radius 3 is 2.60 bits per heavy atom. The summed E-state index contributed by atoms with van der Waals surface area (Å²) in [6, 6.07) is 1.74. The summed E-state index contributed by atoms with van der Waals surface area (Å²) in [5.74, 6) is -1.36. The molecule has 0 heterocycles. The van der Waals surface area contributed by atoms with Crippen LogP contribution in [0.25, 0.3) is 0 Å². The highest BCUT2D eigenvalue weighted by molar-refractivity contribution is 7.86. The number of rotatable bonds is 6. The lowest BCUT2D eigenvalue weighted by Crippen LogP contribution is -2.21. The maximum Gasteiger partial charge on any atom is 0.312 e. The van der Waals surface area contributed by atoms with Crippen molar-refractivity contribution in [2.24, 2.45) is 0 Å². The fourth-order valence-electron chi connectivity index (χ4n) is 1.33. The van der Waals surface area contributed by atoms with Crippen molar-refractivity contribution in [3.05, 3.63) is 33.1 Å². The molecule has 0 aliphatic carbocycles. The highest BCUT2D eigenvalue weighted by atomic mass is 35.5. The van der Waals surface area contributed by atoms with E-state index in [1.165, 1.54) is 6.92 Å². The van der Waals surface area contributed by atoms with Crippen LogP contribution < -0.4 is 4.74 Å². The molecule has 0 fully saturated rings. The van der Waals surface area contributed by atoms with E-state index in [1.807, 2.05) is 0 Å². The monoisotopic (exact) mass is 327 g/mol. The van der Waals surface area contributed by atoms with Gasteiger partial charge in [0.05, 0.1) is 11.2 Å². The third kappa shape index (κ3) is 4.58. The van der Waals surface area contributed by atoms with E-state index in [9.17, 15) is 22.9 Å². The molecule has 20 heavy (non-hydrogen) atoms. The lowest BCUT2D eigenvalue weighted by Gasteiger charge is -2.13. The molecule has 112 valence electrons. The predicted octanol–water partition coefficient (Wildman–Crippen LogP) is 2.13. The van der Waals surface area contributed by atoms with Crippen LogP contribution in [0.15, 0.2) is 12.1 Å². The van der Waals surface area contributed by atoms with Gasteiger partial charge in [-0.2, -0.15) is 8.42 Å². The van der Waals surface area contributed by atoms with Crippen LogP contribution in [0, 0.1) is 15.9 Å². The molecule has 0 saturated carbocycles. The molecular formula is C10H11ClFNO6S. The average Bonchev–Trinajstić information content (AvgIpc) is 2.28. The largest absolute Gasteiger partial charge is 0.483 e. The Kier molecular flexibility index (Phi) is 5.26. The second-order valence-corrected chi connectivity index (χ2v) is 5.87. The van der Waals surface area contributed by atoms with Crippen molar-refractivity contribution < 1.29 is 26.7 Å². The average molecular weight is 328 g/mol. The topological polar surface area (TPSA) is 95.7 Å². The molecule has 0 saturated heterocycles. The van der Waals surface area contributed by atoms with Gasteiger partial charge in [0.15, 0.2) is 0 Å². The number of ether oxygens (including phenoxy) is 1. The van der Waals surface area contributed by atoms with Crippen molar-refractivity contribution in [2.75, 3.05) is 12.9 Å². The molecule has 0 aliphatic rings. The molecule has 0 aromatic heterocycles. The SMILES string of the molecule is C[C@@H](COc1c([N+](=O)[O-])ccc(F)c1Cl)OS(C)(=O)=O. The summed E-state index contributed by atoms with van der Waals surface area (Å²) in [7, 11) is -3.69. The number of benzene rings is 1. The van der Waals surface area contributed by atoms with E-state index in [-0.39, 0.29) is 6.61 Å². The van der Waals surface area contributed by atoms with Crippen molar-refractivity contribution >= 4 is 27.4 Å². The van der Waals surface area contributed by atoms with Crippen molar-refractivity contribution in [2.45, 2.75) is 13.0 Å². The highest BCUT2D eigenvalue weighted by Crippen LogP contribution is 2.36. The molecule has 1 rings (SSSR count). The summed E-state index contributed by atoms with van der Waals surface area (Å²) in [6.45, 7) is 1.02. The third-order valence-corrected chi connectivity index (χ3v) is 3.06. The van der Waals surface area contributed by atoms with Gasteiger partial charge in [0.2, 0.25) is 5.75 Å². The molecule has 0 bridgehead atoms. The first-order valence-corrected chi connectivity index (χ1v) is 7.44. The van der Waals surface area contributed by atoms with Gasteiger partial charge in [-0.1, -0.05) is 11.6 Å². The minimum Gasteiger partial charge on any atom is -0.483 e. The number of nitro groups is 1. The Labute approximate surface area is 119 Å². The maximum atomic E-state index is 13.3. The summed E-state index contributed by atoms with van der Waals surface area (Å²) < 4.78 is 44.6. The summed E-state index contributed by atoms with van der Waals surface area (Å²) in [6.07, 6.45) is -0.0647. The molecule has 0 radical (unpaired) electrons. The van der Waals surface area contributed by atoms with Gasteiger partial charge in [0, 0.05) is 6.07 Å². The number of hydrogen-bond donors (Lipinski definition) is 0. The van der Waals surface area contributed by atoms with Crippen molar-refractivity contribution in [1.82, 2.24) is 0 Å². The van der Waals surface area contributed by atoms with Crippen molar-refractivity contribution in [3.8, 4) is 5.75 Å². The van der Waals surface area contributed by atoms with Gasteiger partial charge in [-0.05, 0) is 13.0 Å². The minimum absolute atomic E-state index is 0.350. The predicted molar refractivity (Wildman–Crippen MR) is 69.0 cm³/mol. The first-order valence-electron chi connectivity index (χ1n) is 5.25. The van der Waals surface area contributed by atoms with Crippen LogP contribution in [0.5, 0.6) is 5.75 Å². The van der Waals surface area contributed by atoms with Crippen LogP contribution >= 0.6 is 11.6 Å². The number of nitrogens with zero attached hydrogens (tertiary/aromatic N) is 1. The molecule has 0 aliphatic heterocycles. The zero-order chi connectivity index (χ0) is 15.5. The Hall–Kier alpha value is -1.45. The Balaban J connectivity index is 2.92. The zero-order valence-corrected chi connectivity index (χ0v) is 12.1. The Morgan fingerprint density at radius 1 is 1.50 bits per heavy atom. The molecule has 0 amide bonds. The van der Waals surface area contributed by atoms with Crippen molar-refractivity contribution in [1.29, 1.82) is 0 Å². The maximum absolute atomic E-state index is 13.3. The van der Waals surface area contributed by atoms with Crippen LogP contribution in [0.3, 0.4) is 0 Å². The van der Waals surface area contributed by atoms with Crippen molar-refractivity contribution in [3.63, 3.8) is 0 Å². The normalized spacial score (nSPS) is 13.0. The van der Waals surface area contributed by atoms with E-state index in [2.05, 4.69) is 4.18 Å². The second kappa shape index (κ2) is 6.33. The summed E-state index contributed by atoms with van der Waals surface area (Å²) >= 11 is 5.60. The first-order chi connectivity index (χ1) is 9.11. The van der Waals surface area contributed by atoms with E-state index in [4.69, 9.17) is 16.3 Å². The Morgan fingerprint density at radius 2 is 2.10 bits per heavy atom. The smallest absolute Gasteiger partial charge is 0.312 e. The molecule has 0 spiro atoms. The second-order valence-electron chi connectivity index (χ2n) is 3.89.